The highest BCUT2D eigenvalue weighted by molar-refractivity contribution is 5.96. The van der Waals surface area contributed by atoms with Crippen molar-refractivity contribution in [3.8, 4) is 11.1 Å². The van der Waals surface area contributed by atoms with E-state index in [1.165, 1.54) is 0 Å². The molecule has 43 heavy (non-hydrogen) atoms. The Morgan fingerprint density at radius 1 is 0.721 bits per heavy atom. The van der Waals surface area contributed by atoms with Crippen LogP contribution in [0, 0.1) is 6.92 Å². The van der Waals surface area contributed by atoms with Crippen molar-refractivity contribution in [2.45, 2.75) is 25.6 Å². The number of carbonyl (C=O) groups is 1. The van der Waals surface area contributed by atoms with E-state index in [0.29, 0.717) is 18.7 Å². The summed E-state index contributed by atoms with van der Waals surface area (Å²) in [4.78, 5) is 16.8. The van der Waals surface area contributed by atoms with E-state index < -0.39 is 11.5 Å². The van der Waals surface area contributed by atoms with Crippen molar-refractivity contribution in [1.29, 1.82) is 0 Å². The summed E-state index contributed by atoms with van der Waals surface area (Å²) in [5.74, 6) is -0.929. The Hall–Kier alpha value is -5.26. The van der Waals surface area contributed by atoms with Crippen molar-refractivity contribution in [3.05, 3.63) is 185 Å². The second-order valence-electron chi connectivity index (χ2n) is 10.7. The number of nitrogens with one attached hydrogen (secondary N) is 1. The number of carboxylic acid groups (broad SMARTS) is 1. The van der Waals surface area contributed by atoms with Gasteiger partial charge in [0.05, 0.1) is 17.6 Å². The summed E-state index contributed by atoms with van der Waals surface area (Å²) in [6, 6.07) is 45.1. The number of aromatic carboxylic acids is 1. The summed E-state index contributed by atoms with van der Waals surface area (Å²) in [7, 11) is 0. The van der Waals surface area contributed by atoms with Gasteiger partial charge in [-0.15, -0.1) is 0 Å². The molecule has 0 aliphatic carbocycles. The molecule has 0 atom stereocenters. The molecular weight excluding hydrogens is 530 g/mol. The molecule has 0 radical (unpaired) electrons. The average Bonchev–Trinajstić information content (AvgIpc) is 3.52. The Morgan fingerprint density at radius 3 is 1.84 bits per heavy atom. The molecule has 0 amide bonds. The van der Waals surface area contributed by atoms with Gasteiger partial charge in [-0.05, 0) is 58.0 Å². The van der Waals surface area contributed by atoms with E-state index in [1.807, 2.05) is 67.8 Å². The zero-order chi connectivity index (χ0) is 29.6. The maximum Gasteiger partial charge on any atom is 0.336 e. The number of nitrogens with zero attached hydrogens (tertiary/aromatic N) is 2. The molecule has 5 nitrogen and oxygen atoms in total. The molecule has 5 heteroatoms. The van der Waals surface area contributed by atoms with Crippen LogP contribution in [-0.4, -0.2) is 20.6 Å². The molecule has 1 heterocycles. The molecular formula is C38H33N3O2. The van der Waals surface area contributed by atoms with Gasteiger partial charge in [0.25, 0.3) is 0 Å². The number of hydrogen-bond acceptors (Lipinski definition) is 3. The van der Waals surface area contributed by atoms with Crippen molar-refractivity contribution < 1.29 is 9.90 Å². The number of aryl methyl sites for hydroxylation is 1. The Kier molecular flexibility index (Phi) is 7.98. The number of carboxylic acids is 1. The van der Waals surface area contributed by atoms with E-state index in [-0.39, 0.29) is 0 Å². The summed E-state index contributed by atoms with van der Waals surface area (Å²) in [6.07, 6.45) is 4.04. The van der Waals surface area contributed by atoms with Crippen molar-refractivity contribution >= 4 is 5.97 Å². The Balaban J connectivity index is 1.31. The number of benzene rings is 5. The smallest absolute Gasteiger partial charge is 0.336 e. The quantitative estimate of drug-likeness (QED) is 0.168. The van der Waals surface area contributed by atoms with Crippen LogP contribution in [0.5, 0.6) is 0 Å². The van der Waals surface area contributed by atoms with E-state index in [0.717, 1.165) is 44.6 Å². The molecule has 2 N–H and O–H groups in total. The molecule has 0 spiro atoms. The maximum atomic E-state index is 12.0. The van der Waals surface area contributed by atoms with Crippen LogP contribution in [0.2, 0.25) is 0 Å². The third-order valence-corrected chi connectivity index (χ3v) is 7.98. The minimum absolute atomic E-state index is 0.302. The first-order valence-electron chi connectivity index (χ1n) is 14.4. The molecule has 0 fully saturated rings. The van der Waals surface area contributed by atoms with Gasteiger partial charge in [-0.2, -0.15) is 0 Å². The molecule has 0 saturated carbocycles. The summed E-state index contributed by atoms with van der Waals surface area (Å²) >= 11 is 0. The Labute approximate surface area is 252 Å². The molecule has 0 aliphatic rings. The molecule has 0 unspecified atom stereocenters. The molecule has 6 aromatic rings. The largest absolute Gasteiger partial charge is 0.478 e. The lowest BCUT2D eigenvalue weighted by atomic mass is 9.77. The number of rotatable bonds is 10. The predicted molar refractivity (Wildman–Crippen MR) is 171 cm³/mol. The highest BCUT2D eigenvalue weighted by Crippen LogP contribution is 2.40. The van der Waals surface area contributed by atoms with Gasteiger partial charge in [-0.3, -0.25) is 0 Å². The van der Waals surface area contributed by atoms with Crippen LogP contribution < -0.4 is 5.32 Å². The van der Waals surface area contributed by atoms with Gasteiger partial charge in [0, 0.05) is 19.3 Å². The second kappa shape index (κ2) is 12.3. The van der Waals surface area contributed by atoms with Crippen LogP contribution in [-0.2, 0) is 18.6 Å². The lowest BCUT2D eigenvalue weighted by Crippen LogP contribution is -2.37. The van der Waals surface area contributed by atoms with E-state index >= 15 is 0 Å². The molecule has 5 aromatic carbocycles. The van der Waals surface area contributed by atoms with Crippen LogP contribution in [0.15, 0.2) is 146 Å². The number of aromatic nitrogens is 2. The van der Waals surface area contributed by atoms with Crippen molar-refractivity contribution in [1.82, 2.24) is 14.9 Å². The highest BCUT2D eigenvalue weighted by Gasteiger charge is 2.38. The van der Waals surface area contributed by atoms with Crippen molar-refractivity contribution in [3.63, 3.8) is 0 Å². The molecule has 1 aromatic heterocycles. The fourth-order valence-corrected chi connectivity index (χ4v) is 5.94. The lowest BCUT2D eigenvalue weighted by Gasteiger charge is -2.37. The second-order valence-corrected chi connectivity index (χ2v) is 10.7. The van der Waals surface area contributed by atoms with Gasteiger partial charge >= 0.3 is 5.97 Å². The number of hydrogen-bond donors (Lipinski definition) is 2. The molecule has 6 rings (SSSR count). The van der Waals surface area contributed by atoms with Gasteiger partial charge < -0.3 is 15.0 Å². The summed E-state index contributed by atoms with van der Waals surface area (Å²) in [5.41, 5.74) is 7.75. The summed E-state index contributed by atoms with van der Waals surface area (Å²) < 4.78 is 2.21. The first-order chi connectivity index (χ1) is 21.1. The normalized spacial score (nSPS) is 11.4. The predicted octanol–water partition coefficient (Wildman–Crippen LogP) is 7.69. The monoisotopic (exact) mass is 563 g/mol. The van der Waals surface area contributed by atoms with Gasteiger partial charge in [-0.1, -0.05) is 121 Å². The highest BCUT2D eigenvalue weighted by atomic mass is 16.4. The molecule has 0 saturated heterocycles. The van der Waals surface area contributed by atoms with E-state index in [1.54, 1.807) is 6.07 Å². The van der Waals surface area contributed by atoms with Crippen LogP contribution in [0.4, 0.5) is 0 Å². The van der Waals surface area contributed by atoms with Gasteiger partial charge in [-0.25, -0.2) is 9.78 Å². The Bertz CT molecular complexity index is 1730. The molecule has 0 aliphatic heterocycles. The van der Waals surface area contributed by atoms with Gasteiger partial charge in [0.1, 0.15) is 5.54 Å². The van der Waals surface area contributed by atoms with Gasteiger partial charge in [0.2, 0.25) is 0 Å². The molecule has 212 valence electrons. The fraction of sp³-hybridized carbons (Fsp3) is 0.105. The molecule has 0 bridgehead atoms. The fourth-order valence-electron chi connectivity index (χ4n) is 5.94. The SMILES string of the molecule is Cc1ccccc1-c1cc(CNCc2cn(C(c3ccccc3)(c3ccccc3)c3ccccc3)cn2)ccc1C(=O)O. The van der Waals surface area contributed by atoms with Gasteiger partial charge in [0.15, 0.2) is 0 Å². The average molecular weight is 564 g/mol. The summed E-state index contributed by atoms with van der Waals surface area (Å²) in [6.45, 7) is 3.14. The van der Waals surface area contributed by atoms with Crippen LogP contribution >= 0.6 is 0 Å². The first kappa shape index (κ1) is 27.9. The van der Waals surface area contributed by atoms with E-state index in [2.05, 4.69) is 88.9 Å². The van der Waals surface area contributed by atoms with Crippen LogP contribution in [0.1, 0.15) is 43.9 Å². The zero-order valence-corrected chi connectivity index (χ0v) is 24.0. The standard InChI is InChI=1S/C38H33N3O2/c1-28-13-11-12-20-34(28)36-23-29(21-22-35(36)37(42)43)24-39-25-33-26-41(27-40-33)38(30-14-5-2-6-15-30,31-16-7-3-8-17-31)32-18-9-4-10-19-32/h2-23,26-27,39H,24-25H2,1H3,(H,42,43). The first-order valence-corrected chi connectivity index (χ1v) is 14.4. The zero-order valence-electron chi connectivity index (χ0n) is 24.0. The third-order valence-electron chi connectivity index (χ3n) is 7.98. The van der Waals surface area contributed by atoms with E-state index in [4.69, 9.17) is 4.98 Å². The topological polar surface area (TPSA) is 67.2 Å². The minimum Gasteiger partial charge on any atom is -0.478 e. The van der Waals surface area contributed by atoms with Crippen molar-refractivity contribution in [2.75, 3.05) is 0 Å². The van der Waals surface area contributed by atoms with E-state index in [9.17, 15) is 9.90 Å². The maximum absolute atomic E-state index is 12.0. The lowest BCUT2D eigenvalue weighted by molar-refractivity contribution is 0.0697. The Morgan fingerprint density at radius 2 is 1.28 bits per heavy atom. The minimum atomic E-state index is -0.929. The number of imidazole rings is 1. The summed E-state index contributed by atoms with van der Waals surface area (Å²) in [5, 5.41) is 13.3. The van der Waals surface area contributed by atoms with Crippen LogP contribution in [0.3, 0.4) is 0 Å². The third kappa shape index (κ3) is 5.51. The van der Waals surface area contributed by atoms with Crippen molar-refractivity contribution in [2.24, 2.45) is 0 Å². The van der Waals surface area contributed by atoms with Crippen LogP contribution in [0.25, 0.3) is 11.1 Å².